The van der Waals surface area contributed by atoms with Crippen molar-refractivity contribution in [2.45, 2.75) is 6.54 Å². The van der Waals surface area contributed by atoms with Gasteiger partial charge in [0.15, 0.2) is 0 Å². The molecule has 0 amide bonds. The summed E-state index contributed by atoms with van der Waals surface area (Å²) in [6.45, 7) is 0.726. The van der Waals surface area contributed by atoms with E-state index >= 15 is 0 Å². The van der Waals surface area contributed by atoms with Gasteiger partial charge in [0.25, 0.3) is 0 Å². The van der Waals surface area contributed by atoms with Gasteiger partial charge in [0.1, 0.15) is 0 Å². The first-order chi connectivity index (χ1) is 4.34. The Hall–Kier alpha value is -0.800. The summed E-state index contributed by atoms with van der Waals surface area (Å²) in [4.78, 5) is 0. The van der Waals surface area contributed by atoms with Crippen molar-refractivity contribution < 1.29 is 0 Å². The maximum atomic E-state index is 5.13. The number of nitrogens with two attached hydrogens (primary N) is 1. The van der Waals surface area contributed by atoms with Gasteiger partial charge in [0.05, 0.1) is 6.54 Å². The van der Waals surface area contributed by atoms with Gasteiger partial charge in [-0.15, -0.1) is 0 Å². The van der Waals surface area contributed by atoms with Crippen LogP contribution in [0.3, 0.4) is 0 Å². The molecule has 0 bridgehead atoms. The molecule has 3 N–H and O–H groups in total. The van der Waals surface area contributed by atoms with Gasteiger partial charge in [-0.3, -0.25) is 11.3 Å². The number of hydrazine groups is 1. The summed E-state index contributed by atoms with van der Waals surface area (Å²) in [6, 6.07) is 4.02. The van der Waals surface area contributed by atoms with Crippen LogP contribution in [0.15, 0.2) is 18.3 Å². The molecule has 1 heterocycles. The van der Waals surface area contributed by atoms with E-state index < -0.39 is 0 Å². The van der Waals surface area contributed by atoms with Crippen LogP contribution < -0.4 is 11.3 Å². The SMILES string of the molecule is Cn1cccc1CNN. The van der Waals surface area contributed by atoms with Crippen molar-refractivity contribution in [2.24, 2.45) is 12.9 Å². The van der Waals surface area contributed by atoms with Crippen LogP contribution in [0.4, 0.5) is 0 Å². The second-order valence-corrected chi connectivity index (χ2v) is 1.99. The summed E-state index contributed by atoms with van der Waals surface area (Å²) in [5.41, 5.74) is 3.78. The molecule has 0 spiro atoms. The lowest BCUT2D eigenvalue weighted by Crippen LogP contribution is -2.22. The van der Waals surface area contributed by atoms with Gasteiger partial charge in [-0.05, 0) is 12.1 Å². The van der Waals surface area contributed by atoms with Crippen LogP contribution in [0, 0.1) is 0 Å². The van der Waals surface area contributed by atoms with Gasteiger partial charge >= 0.3 is 0 Å². The predicted molar refractivity (Wildman–Crippen MR) is 36.4 cm³/mol. The average molecular weight is 125 g/mol. The van der Waals surface area contributed by atoms with Crippen LogP contribution in [0.1, 0.15) is 5.69 Å². The van der Waals surface area contributed by atoms with Crippen LogP contribution in [0.2, 0.25) is 0 Å². The Balaban J connectivity index is 2.69. The van der Waals surface area contributed by atoms with Gasteiger partial charge in [-0.25, -0.2) is 0 Å². The lowest BCUT2D eigenvalue weighted by Gasteiger charge is -1.99. The van der Waals surface area contributed by atoms with E-state index in [0.29, 0.717) is 0 Å². The third-order valence-corrected chi connectivity index (χ3v) is 1.33. The summed E-state index contributed by atoms with van der Waals surface area (Å²) in [7, 11) is 1.99. The third-order valence-electron chi connectivity index (χ3n) is 1.33. The lowest BCUT2D eigenvalue weighted by molar-refractivity contribution is 0.688. The lowest BCUT2D eigenvalue weighted by atomic mass is 10.4. The minimum absolute atomic E-state index is 0.726. The fourth-order valence-electron chi connectivity index (χ4n) is 0.785. The zero-order valence-electron chi connectivity index (χ0n) is 5.46. The van der Waals surface area contributed by atoms with E-state index in [-0.39, 0.29) is 0 Å². The van der Waals surface area contributed by atoms with Crippen molar-refractivity contribution in [1.29, 1.82) is 0 Å². The molecule has 3 nitrogen and oxygen atoms in total. The quantitative estimate of drug-likeness (QED) is 0.431. The van der Waals surface area contributed by atoms with Crippen LogP contribution >= 0.6 is 0 Å². The second kappa shape index (κ2) is 2.66. The minimum atomic E-state index is 0.726. The normalized spacial score (nSPS) is 10.0. The van der Waals surface area contributed by atoms with Crippen LogP contribution in [-0.2, 0) is 13.6 Å². The highest BCUT2D eigenvalue weighted by molar-refractivity contribution is 5.05. The standard InChI is InChI=1S/C6H11N3/c1-9-4-2-3-6(9)5-8-7/h2-4,8H,5,7H2,1H3. The van der Waals surface area contributed by atoms with Gasteiger partial charge in [-0.2, -0.15) is 0 Å². The molecule has 0 aliphatic carbocycles. The Labute approximate surface area is 54.4 Å². The van der Waals surface area contributed by atoms with E-state index in [9.17, 15) is 0 Å². The zero-order chi connectivity index (χ0) is 6.69. The van der Waals surface area contributed by atoms with E-state index in [2.05, 4.69) is 5.43 Å². The maximum absolute atomic E-state index is 5.13. The molecule has 0 atom stereocenters. The first-order valence-electron chi connectivity index (χ1n) is 2.88. The second-order valence-electron chi connectivity index (χ2n) is 1.99. The van der Waals surface area contributed by atoms with E-state index in [0.717, 1.165) is 6.54 Å². The minimum Gasteiger partial charge on any atom is -0.353 e. The Kier molecular flexibility index (Phi) is 1.87. The molecule has 1 aromatic rings. The summed E-state index contributed by atoms with van der Waals surface area (Å²) in [5, 5.41) is 0. The smallest absolute Gasteiger partial charge is 0.0501 e. The highest BCUT2D eigenvalue weighted by atomic mass is 15.2. The Morgan fingerprint density at radius 1 is 1.78 bits per heavy atom. The van der Waals surface area contributed by atoms with Gasteiger partial charge in [-0.1, -0.05) is 0 Å². The number of hydrogen-bond acceptors (Lipinski definition) is 2. The van der Waals surface area contributed by atoms with E-state index in [1.165, 1.54) is 5.69 Å². The molecule has 50 valence electrons. The molecular weight excluding hydrogens is 114 g/mol. The van der Waals surface area contributed by atoms with Crippen molar-refractivity contribution in [3.8, 4) is 0 Å². The summed E-state index contributed by atoms with van der Waals surface area (Å²) in [5.74, 6) is 5.13. The molecular formula is C6H11N3. The molecule has 0 aliphatic rings. The van der Waals surface area contributed by atoms with Crippen molar-refractivity contribution in [1.82, 2.24) is 9.99 Å². The van der Waals surface area contributed by atoms with Crippen LogP contribution in [-0.4, -0.2) is 4.57 Å². The molecule has 1 aromatic heterocycles. The number of aryl methyl sites for hydroxylation is 1. The highest BCUT2D eigenvalue weighted by Gasteiger charge is 1.91. The van der Waals surface area contributed by atoms with E-state index in [4.69, 9.17) is 5.84 Å². The molecule has 1 rings (SSSR count). The Morgan fingerprint density at radius 3 is 3.00 bits per heavy atom. The zero-order valence-corrected chi connectivity index (χ0v) is 5.46. The fraction of sp³-hybridized carbons (Fsp3) is 0.333. The van der Waals surface area contributed by atoms with Gasteiger partial charge in [0, 0.05) is 18.9 Å². The maximum Gasteiger partial charge on any atom is 0.0501 e. The monoisotopic (exact) mass is 125 g/mol. The number of nitrogens with one attached hydrogen (secondary N) is 1. The fourth-order valence-corrected chi connectivity index (χ4v) is 0.785. The average Bonchev–Trinajstić information content (AvgIpc) is 2.18. The molecule has 3 heteroatoms. The van der Waals surface area contributed by atoms with Crippen molar-refractivity contribution in [3.63, 3.8) is 0 Å². The number of rotatable bonds is 2. The van der Waals surface area contributed by atoms with E-state index in [1.807, 2.05) is 29.9 Å². The largest absolute Gasteiger partial charge is 0.353 e. The number of nitrogens with zero attached hydrogens (tertiary/aromatic N) is 1. The topological polar surface area (TPSA) is 43.0 Å². The summed E-state index contributed by atoms with van der Waals surface area (Å²) < 4.78 is 2.03. The third kappa shape index (κ3) is 1.31. The molecule has 0 unspecified atom stereocenters. The molecule has 0 saturated heterocycles. The van der Waals surface area contributed by atoms with Crippen molar-refractivity contribution in [3.05, 3.63) is 24.0 Å². The summed E-state index contributed by atoms with van der Waals surface area (Å²) in [6.07, 6.45) is 1.99. The Bertz CT molecular complexity index is 180. The molecule has 0 fully saturated rings. The van der Waals surface area contributed by atoms with Gasteiger partial charge in [0.2, 0.25) is 0 Å². The van der Waals surface area contributed by atoms with Crippen molar-refractivity contribution >= 4 is 0 Å². The van der Waals surface area contributed by atoms with Gasteiger partial charge < -0.3 is 4.57 Å². The Morgan fingerprint density at radius 2 is 2.56 bits per heavy atom. The molecule has 0 aliphatic heterocycles. The predicted octanol–water partition coefficient (Wildman–Crippen LogP) is -0.0116. The first kappa shape index (κ1) is 6.32. The molecule has 9 heavy (non-hydrogen) atoms. The molecule has 0 radical (unpaired) electrons. The summed E-state index contributed by atoms with van der Waals surface area (Å²) >= 11 is 0. The van der Waals surface area contributed by atoms with Crippen LogP contribution in [0.5, 0.6) is 0 Å². The first-order valence-corrected chi connectivity index (χ1v) is 2.88. The van der Waals surface area contributed by atoms with Crippen LogP contribution in [0.25, 0.3) is 0 Å². The molecule has 0 saturated carbocycles. The highest BCUT2D eigenvalue weighted by Crippen LogP contribution is 1.96. The van der Waals surface area contributed by atoms with Crippen molar-refractivity contribution in [2.75, 3.05) is 0 Å². The van der Waals surface area contributed by atoms with E-state index in [1.54, 1.807) is 0 Å². The molecule has 0 aromatic carbocycles. The number of hydrogen-bond donors (Lipinski definition) is 2. The number of aromatic nitrogens is 1.